The molecule has 0 aliphatic carbocycles. The van der Waals surface area contributed by atoms with Gasteiger partial charge in [-0.2, -0.15) is 0 Å². The van der Waals surface area contributed by atoms with Gasteiger partial charge in [-0.05, 0) is 12.5 Å². The fraction of sp³-hybridized carbons (Fsp3) is 0.538. The van der Waals surface area contributed by atoms with Gasteiger partial charge in [-0.15, -0.1) is 0 Å². The van der Waals surface area contributed by atoms with E-state index >= 15 is 0 Å². The van der Waals surface area contributed by atoms with E-state index in [0.29, 0.717) is 5.95 Å². The van der Waals surface area contributed by atoms with E-state index in [1.807, 2.05) is 6.07 Å². The first-order chi connectivity index (χ1) is 9.34. The number of imidazole rings is 1. The van der Waals surface area contributed by atoms with Crippen LogP contribution in [0.15, 0.2) is 18.5 Å². The Morgan fingerprint density at radius 2 is 2.11 bits per heavy atom. The maximum Gasteiger partial charge on any atom is 0.201 e. The third kappa shape index (κ3) is 2.69. The number of pyridine rings is 1. The van der Waals surface area contributed by atoms with Crippen molar-refractivity contribution in [1.82, 2.24) is 19.4 Å². The molecule has 2 aromatic rings. The zero-order valence-corrected chi connectivity index (χ0v) is 11.0. The minimum atomic E-state index is 0.574. The SMILES string of the molecule is Nc1nc2cnccc2n1CCCN1CCOCC1. The molecule has 102 valence electrons. The molecule has 1 saturated heterocycles. The predicted molar refractivity (Wildman–Crippen MR) is 73.8 cm³/mol. The van der Waals surface area contributed by atoms with Crippen LogP contribution in [0, 0.1) is 0 Å². The molecule has 3 rings (SSSR count). The summed E-state index contributed by atoms with van der Waals surface area (Å²) in [6.45, 7) is 5.73. The summed E-state index contributed by atoms with van der Waals surface area (Å²) in [4.78, 5) is 10.8. The van der Waals surface area contributed by atoms with Crippen molar-refractivity contribution < 1.29 is 4.74 Å². The average molecular weight is 261 g/mol. The molecule has 2 aromatic heterocycles. The highest BCUT2D eigenvalue weighted by Gasteiger charge is 2.11. The lowest BCUT2D eigenvalue weighted by Crippen LogP contribution is -2.37. The summed E-state index contributed by atoms with van der Waals surface area (Å²) in [5, 5.41) is 0. The molecule has 3 heterocycles. The lowest BCUT2D eigenvalue weighted by atomic mass is 10.3. The number of ether oxygens (including phenoxy) is 1. The van der Waals surface area contributed by atoms with Crippen LogP contribution in [0.4, 0.5) is 5.95 Å². The molecule has 0 atom stereocenters. The Kier molecular flexibility index (Phi) is 3.61. The van der Waals surface area contributed by atoms with E-state index in [1.54, 1.807) is 12.4 Å². The number of morpholine rings is 1. The Balaban J connectivity index is 1.63. The normalized spacial score (nSPS) is 17.1. The van der Waals surface area contributed by atoms with Crippen molar-refractivity contribution in [3.8, 4) is 0 Å². The van der Waals surface area contributed by atoms with Gasteiger partial charge in [-0.1, -0.05) is 0 Å². The zero-order valence-electron chi connectivity index (χ0n) is 11.0. The molecule has 1 fully saturated rings. The van der Waals surface area contributed by atoms with Gasteiger partial charge in [0.25, 0.3) is 0 Å². The number of nitrogen functional groups attached to an aromatic ring is 1. The molecular weight excluding hydrogens is 242 g/mol. The number of hydrogen-bond donors (Lipinski definition) is 1. The number of aromatic nitrogens is 3. The Morgan fingerprint density at radius 3 is 2.95 bits per heavy atom. The molecule has 0 amide bonds. The second-order valence-electron chi connectivity index (χ2n) is 4.79. The molecular formula is C13H19N5O. The van der Waals surface area contributed by atoms with E-state index in [9.17, 15) is 0 Å². The summed E-state index contributed by atoms with van der Waals surface area (Å²) in [6, 6.07) is 1.97. The number of nitrogens with two attached hydrogens (primary N) is 1. The third-order valence-electron chi connectivity index (χ3n) is 3.54. The molecule has 0 spiro atoms. The maximum absolute atomic E-state index is 5.96. The highest BCUT2D eigenvalue weighted by molar-refractivity contribution is 5.76. The second-order valence-corrected chi connectivity index (χ2v) is 4.79. The molecule has 0 aromatic carbocycles. The van der Waals surface area contributed by atoms with Crippen LogP contribution in [0.3, 0.4) is 0 Å². The number of nitrogens with zero attached hydrogens (tertiary/aromatic N) is 4. The molecule has 2 N–H and O–H groups in total. The van der Waals surface area contributed by atoms with Crippen LogP contribution in [-0.2, 0) is 11.3 Å². The summed E-state index contributed by atoms with van der Waals surface area (Å²) in [6.07, 6.45) is 4.60. The van der Waals surface area contributed by atoms with Gasteiger partial charge in [-0.3, -0.25) is 9.88 Å². The molecule has 1 aliphatic rings. The van der Waals surface area contributed by atoms with Crippen LogP contribution < -0.4 is 5.73 Å². The fourth-order valence-electron chi connectivity index (χ4n) is 2.51. The molecule has 0 saturated carbocycles. The predicted octanol–water partition coefficient (Wildman–Crippen LogP) is 0.736. The van der Waals surface area contributed by atoms with E-state index in [4.69, 9.17) is 10.5 Å². The first kappa shape index (κ1) is 12.4. The van der Waals surface area contributed by atoms with Gasteiger partial charge in [0.1, 0.15) is 5.52 Å². The van der Waals surface area contributed by atoms with Gasteiger partial charge < -0.3 is 15.0 Å². The third-order valence-corrected chi connectivity index (χ3v) is 3.54. The molecule has 19 heavy (non-hydrogen) atoms. The minimum absolute atomic E-state index is 0.574. The lowest BCUT2D eigenvalue weighted by Gasteiger charge is -2.26. The van der Waals surface area contributed by atoms with E-state index in [1.165, 1.54) is 0 Å². The number of anilines is 1. The summed E-state index contributed by atoms with van der Waals surface area (Å²) >= 11 is 0. The van der Waals surface area contributed by atoms with Crippen molar-refractivity contribution in [2.45, 2.75) is 13.0 Å². The summed E-state index contributed by atoms with van der Waals surface area (Å²) in [5.74, 6) is 0.574. The fourth-order valence-corrected chi connectivity index (χ4v) is 2.51. The molecule has 6 heteroatoms. The van der Waals surface area contributed by atoms with Crippen LogP contribution in [0.5, 0.6) is 0 Å². The van der Waals surface area contributed by atoms with Gasteiger partial charge in [0.2, 0.25) is 5.95 Å². The average Bonchev–Trinajstić information content (AvgIpc) is 2.76. The number of aryl methyl sites for hydroxylation is 1. The molecule has 0 bridgehead atoms. The van der Waals surface area contributed by atoms with E-state index in [-0.39, 0.29) is 0 Å². The summed E-state index contributed by atoms with van der Waals surface area (Å²) in [7, 11) is 0. The van der Waals surface area contributed by atoms with Gasteiger partial charge in [0, 0.05) is 32.4 Å². The lowest BCUT2D eigenvalue weighted by molar-refractivity contribution is 0.0370. The zero-order chi connectivity index (χ0) is 13.1. The smallest absolute Gasteiger partial charge is 0.201 e. The Labute approximate surface area is 112 Å². The summed E-state index contributed by atoms with van der Waals surface area (Å²) in [5.41, 5.74) is 7.89. The maximum atomic E-state index is 5.96. The summed E-state index contributed by atoms with van der Waals surface area (Å²) < 4.78 is 7.41. The van der Waals surface area contributed by atoms with Crippen molar-refractivity contribution in [2.24, 2.45) is 0 Å². The standard InChI is InChI=1S/C13H19N5O/c14-13-16-11-10-15-3-2-12(11)18(13)5-1-4-17-6-8-19-9-7-17/h2-3,10H,1,4-9H2,(H2,14,16). The second kappa shape index (κ2) is 5.54. The number of hydrogen-bond acceptors (Lipinski definition) is 5. The first-order valence-electron chi connectivity index (χ1n) is 6.70. The van der Waals surface area contributed by atoms with Gasteiger partial charge in [0.15, 0.2) is 0 Å². The Hall–Kier alpha value is -1.66. The van der Waals surface area contributed by atoms with E-state index < -0.39 is 0 Å². The van der Waals surface area contributed by atoms with Crippen molar-refractivity contribution in [3.05, 3.63) is 18.5 Å². The highest BCUT2D eigenvalue weighted by atomic mass is 16.5. The van der Waals surface area contributed by atoms with E-state index in [0.717, 1.165) is 56.8 Å². The van der Waals surface area contributed by atoms with E-state index in [2.05, 4.69) is 19.4 Å². The Bertz CT molecular complexity index is 547. The quantitative estimate of drug-likeness (QED) is 0.879. The van der Waals surface area contributed by atoms with Crippen LogP contribution in [0.2, 0.25) is 0 Å². The van der Waals surface area contributed by atoms with Crippen molar-refractivity contribution in [2.75, 3.05) is 38.6 Å². The largest absolute Gasteiger partial charge is 0.379 e. The van der Waals surface area contributed by atoms with Crippen LogP contribution in [0.25, 0.3) is 11.0 Å². The van der Waals surface area contributed by atoms with Gasteiger partial charge in [0.05, 0.1) is 24.9 Å². The number of fused-ring (bicyclic) bond motifs is 1. The Morgan fingerprint density at radius 1 is 1.26 bits per heavy atom. The molecule has 1 aliphatic heterocycles. The number of rotatable bonds is 4. The molecule has 0 unspecified atom stereocenters. The van der Waals surface area contributed by atoms with Crippen LogP contribution >= 0.6 is 0 Å². The van der Waals surface area contributed by atoms with Crippen molar-refractivity contribution in [1.29, 1.82) is 0 Å². The topological polar surface area (TPSA) is 69.2 Å². The minimum Gasteiger partial charge on any atom is -0.379 e. The van der Waals surface area contributed by atoms with Gasteiger partial charge in [-0.25, -0.2) is 4.98 Å². The molecule has 0 radical (unpaired) electrons. The van der Waals surface area contributed by atoms with Crippen LogP contribution in [-0.4, -0.2) is 52.3 Å². The highest BCUT2D eigenvalue weighted by Crippen LogP contribution is 2.16. The monoisotopic (exact) mass is 261 g/mol. The van der Waals surface area contributed by atoms with Crippen molar-refractivity contribution in [3.63, 3.8) is 0 Å². The first-order valence-corrected chi connectivity index (χ1v) is 6.70. The van der Waals surface area contributed by atoms with Gasteiger partial charge >= 0.3 is 0 Å². The van der Waals surface area contributed by atoms with Crippen molar-refractivity contribution >= 4 is 17.0 Å². The molecule has 6 nitrogen and oxygen atoms in total. The van der Waals surface area contributed by atoms with Crippen LogP contribution in [0.1, 0.15) is 6.42 Å².